The first kappa shape index (κ1) is 11.9. The first-order valence-electron chi connectivity index (χ1n) is 5.34. The van der Waals surface area contributed by atoms with Crippen LogP contribution in [0.3, 0.4) is 0 Å². The van der Waals surface area contributed by atoms with Gasteiger partial charge in [-0.05, 0) is 14.1 Å². The second kappa shape index (κ2) is 6.35. The van der Waals surface area contributed by atoms with E-state index in [1.54, 1.807) is 7.11 Å². The number of ether oxygens (including phenoxy) is 1. The molecule has 0 aliphatic carbocycles. The van der Waals surface area contributed by atoms with E-state index in [0.29, 0.717) is 0 Å². The Hall–Kier alpha value is -0.160. The molecule has 1 aliphatic rings. The third-order valence-corrected chi connectivity index (χ3v) is 2.89. The molecule has 0 bridgehead atoms. The Bertz CT molecular complexity index is 148. The second-order valence-corrected chi connectivity index (χ2v) is 3.99. The number of nitrogens with one attached hydrogen (secondary N) is 1. The van der Waals surface area contributed by atoms with Gasteiger partial charge in [0.1, 0.15) is 0 Å². The molecular weight excluding hydrogens is 178 g/mol. The Morgan fingerprint density at radius 2 is 2.21 bits per heavy atom. The molecule has 0 aromatic rings. The summed E-state index contributed by atoms with van der Waals surface area (Å²) >= 11 is 0. The van der Waals surface area contributed by atoms with Crippen LogP contribution in [0, 0.1) is 0 Å². The Morgan fingerprint density at radius 3 is 2.79 bits per heavy atom. The molecule has 0 radical (unpaired) electrons. The Balaban J connectivity index is 2.02. The maximum absolute atomic E-state index is 5.06. The van der Waals surface area contributed by atoms with Crippen LogP contribution in [-0.2, 0) is 4.74 Å². The van der Waals surface area contributed by atoms with Gasteiger partial charge in [-0.1, -0.05) is 0 Å². The minimum atomic E-state index is 0.738. The van der Waals surface area contributed by atoms with Crippen LogP contribution in [0.5, 0.6) is 0 Å². The summed E-state index contributed by atoms with van der Waals surface area (Å²) < 4.78 is 5.06. The lowest BCUT2D eigenvalue weighted by atomic mass is 10.1. The van der Waals surface area contributed by atoms with Gasteiger partial charge in [-0.2, -0.15) is 0 Å². The number of nitrogens with zero attached hydrogens (tertiary/aromatic N) is 2. The molecule has 1 fully saturated rings. The monoisotopic (exact) mass is 201 g/mol. The van der Waals surface area contributed by atoms with Crippen LogP contribution in [0.2, 0.25) is 0 Å². The zero-order valence-electron chi connectivity index (χ0n) is 9.62. The highest BCUT2D eigenvalue weighted by molar-refractivity contribution is 4.86. The van der Waals surface area contributed by atoms with Gasteiger partial charge in [0, 0.05) is 45.9 Å². The van der Waals surface area contributed by atoms with Crippen LogP contribution in [-0.4, -0.2) is 76.4 Å². The van der Waals surface area contributed by atoms with Crippen molar-refractivity contribution in [1.82, 2.24) is 15.1 Å². The van der Waals surface area contributed by atoms with Crippen LogP contribution in [0.1, 0.15) is 0 Å². The quantitative estimate of drug-likeness (QED) is 0.599. The fourth-order valence-electron chi connectivity index (χ4n) is 1.69. The van der Waals surface area contributed by atoms with Crippen LogP contribution >= 0.6 is 0 Å². The van der Waals surface area contributed by atoms with E-state index >= 15 is 0 Å². The number of rotatable bonds is 7. The average molecular weight is 201 g/mol. The van der Waals surface area contributed by atoms with Gasteiger partial charge >= 0.3 is 0 Å². The molecule has 0 unspecified atom stereocenters. The number of hydrogen-bond acceptors (Lipinski definition) is 4. The average Bonchev–Trinajstić information content (AvgIpc) is 2.12. The van der Waals surface area contributed by atoms with Crippen LogP contribution in [0.15, 0.2) is 0 Å². The smallest absolute Gasteiger partial charge is 0.0589 e. The van der Waals surface area contributed by atoms with E-state index in [9.17, 15) is 0 Å². The van der Waals surface area contributed by atoms with Crippen molar-refractivity contribution in [3.63, 3.8) is 0 Å². The van der Waals surface area contributed by atoms with Crippen molar-refractivity contribution in [2.24, 2.45) is 0 Å². The summed E-state index contributed by atoms with van der Waals surface area (Å²) in [6, 6.07) is 0.738. The lowest BCUT2D eigenvalue weighted by molar-refractivity contribution is 0.0363. The van der Waals surface area contributed by atoms with Gasteiger partial charge in [-0.25, -0.2) is 0 Å². The van der Waals surface area contributed by atoms with E-state index in [2.05, 4.69) is 22.2 Å². The minimum Gasteiger partial charge on any atom is -0.383 e. The van der Waals surface area contributed by atoms with Crippen molar-refractivity contribution < 1.29 is 4.74 Å². The van der Waals surface area contributed by atoms with Gasteiger partial charge < -0.3 is 10.1 Å². The molecule has 0 amide bonds. The maximum Gasteiger partial charge on any atom is 0.0589 e. The van der Waals surface area contributed by atoms with Gasteiger partial charge in [-0.3, -0.25) is 9.80 Å². The minimum absolute atomic E-state index is 0.738. The molecule has 1 rings (SSSR count). The molecule has 1 N–H and O–H groups in total. The summed E-state index contributed by atoms with van der Waals surface area (Å²) in [6.07, 6.45) is 0. The molecule has 0 aromatic carbocycles. The van der Waals surface area contributed by atoms with Crippen molar-refractivity contribution in [3.8, 4) is 0 Å². The maximum atomic E-state index is 5.06. The summed E-state index contributed by atoms with van der Waals surface area (Å²) in [5, 5.41) is 3.17. The van der Waals surface area contributed by atoms with Gasteiger partial charge in [0.2, 0.25) is 0 Å². The zero-order chi connectivity index (χ0) is 10.4. The Kier molecular flexibility index (Phi) is 5.40. The molecule has 0 spiro atoms. The van der Waals surface area contributed by atoms with E-state index in [1.807, 2.05) is 7.05 Å². The largest absolute Gasteiger partial charge is 0.383 e. The molecule has 0 atom stereocenters. The highest BCUT2D eigenvalue weighted by Gasteiger charge is 2.28. The summed E-state index contributed by atoms with van der Waals surface area (Å²) in [5.41, 5.74) is 0. The Labute approximate surface area is 87.2 Å². The van der Waals surface area contributed by atoms with Crippen molar-refractivity contribution in [2.45, 2.75) is 6.04 Å². The molecule has 0 aromatic heterocycles. The fraction of sp³-hybridized carbons (Fsp3) is 1.00. The third kappa shape index (κ3) is 3.53. The first-order valence-corrected chi connectivity index (χ1v) is 5.34. The molecule has 84 valence electrons. The predicted octanol–water partition coefficient (Wildman–Crippen LogP) is -0.532. The van der Waals surface area contributed by atoms with Crippen LogP contribution in [0.25, 0.3) is 0 Å². The van der Waals surface area contributed by atoms with Crippen molar-refractivity contribution in [3.05, 3.63) is 0 Å². The third-order valence-electron chi connectivity index (χ3n) is 2.89. The fourth-order valence-corrected chi connectivity index (χ4v) is 1.69. The molecule has 4 heteroatoms. The number of hydrogen-bond donors (Lipinski definition) is 1. The SMILES string of the molecule is CNCCN1CC(N(C)CCOC)C1. The van der Waals surface area contributed by atoms with E-state index in [4.69, 9.17) is 4.74 Å². The standard InChI is InChI=1S/C10H23N3O/c1-11-4-5-13-8-10(9-13)12(2)6-7-14-3/h10-11H,4-9H2,1-3H3. The summed E-state index contributed by atoms with van der Waals surface area (Å²) in [5.74, 6) is 0. The van der Waals surface area contributed by atoms with Gasteiger partial charge in [0.25, 0.3) is 0 Å². The van der Waals surface area contributed by atoms with Crippen LogP contribution < -0.4 is 5.32 Å². The number of methoxy groups -OCH3 is 1. The van der Waals surface area contributed by atoms with Crippen molar-refractivity contribution in [1.29, 1.82) is 0 Å². The molecule has 1 heterocycles. The highest BCUT2D eigenvalue weighted by atomic mass is 16.5. The molecule has 1 saturated heterocycles. The lowest BCUT2D eigenvalue weighted by Crippen LogP contribution is -2.59. The second-order valence-electron chi connectivity index (χ2n) is 3.99. The molecule has 0 saturated carbocycles. The zero-order valence-corrected chi connectivity index (χ0v) is 9.62. The van der Waals surface area contributed by atoms with E-state index in [-0.39, 0.29) is 0 Å². The number of likely N-dealkylation sites (tertiary alicyclic amines) is 1. The van der Waals surface area contributed by atoms with Gasteiger partial charge in [-0.15, -0.1) is 0 Å². The molecular formula is C10H23N3O. The molecule has 4 nitrogen and oxygen atoms in total. The van der Waals surface area contributed by atoms with Crippen molar-refractivity contribution >= 4 is 0 Å². The van der Waals surface area contributed by atoms with Gasteiger partial charge in [0.15, 0.2) is 0 Å². The van der Waals surface area contributed by atoms with Crippen LogP contribution in [0.4, 0.5) is 0 Å². The predicted molar refractivity (Wildman–Crippen MR) is 58.7 cm³/mol. The van der Waals surface area contributed by atoms with E-state index in [0.717, 1.165) is 25.7 Å². The van der Waals surface area contributed by atoms with Crippen molar-refractivity contribution in [2.75, 3.05) is 60.5 Å². The molecule has 14 heavy (non-hydrogen) atoms. The van der Waals surface area contributed by atoms with Gasteiger partial charge in [0.05, 0.1) is 6.61 Å². The van der Waals surface area contributed by atoms with E-state index in [1.165, 1.54) is 19.6 Å². The number of likely N-dealkylation sites (N-methyl/N-ethyl adjacent to an activating group) is 2. The molecule has 1 aliphatic heterocycles. The highest BCUT2D eigenvalue weighted by Crippen LogP contribution is 2.12. The summed E-state index contributed by atoms with van der Waals surface area (Å²) in [6.45, 7) is 6.56. The Morgan fingerprint density at radius 1 is 1.50 bits per heavy atom. The lowest BCUT2D eigenvalue weighted by Gasteiger charge is -2.44. The summed E-state index contributed by atoms with van der Waals surface area (Å²) in [4.78, 5) is 4.86. The summed E-state index contributed by atoms with van der Waals surface area (Å²) in [7, 11) is 5.94. The first-order chi connectivity index (χ1) is 6.77. The normalized spacial score (nSPS) is 18.9. The van der Waals surface area contributed by atoms with E-state index < -0.39 is 0 Å². The topological polar surface area (TPSA) is 27.7 Å².